The van der Waals surface area contributed by atoms with Crippen molar-refractivity contribution in [2.24, 2.45) is 29.6 Å². The number of amides is 1. The van der Waals surface area contributed by atoms with Crippen molar-refractivity contribution in [3.8, 4) is 5.19 Å². The number of hydrogen-bond acceptors (Lipinski definition) is 6. The predicted molar refractivity (Wildman–Crippen MR) is 114 cm³/mol. The maximum Gasteiger partial charge on any atom is 0.273 e. The summed E-state index contributed by atoms with van der Waals surface area (Å²) in [7, 11) is 0. The highest BCUT2D eigenvalue weighted by atomic mass is 32.1. The second-order valence-electron chi connectivity index (χ2n) is 9.66. The highest BCUT2D eigenvalue weighted by molar-refractivity contribution is 7.15. The molecule has 0 saturated heterocycles. The van der Waals surface area contributed by atoms with Crippen molar-refractivity contribution in [3.05, 3.63) is 11.1 Å². The van der Waals surface area contributed by atoms with Crippen molar-refractivity contribution < 1.29 is 14.6 Å². The number of rotatable bonds is 10. The maximum absolute atomic E-state index is 12.5. The zero-order valence-corrected chi connectivity index (χ0v) is 18.4. The Kier molecular flexibility index (Phi) is 6.76. The van der Waals surface area contributed by atoms with Gasteiger partial charge in [-0.15, -0.1) is 0 Å². The molecule has 0 aromatic carbocycles. The Bertz CT molecular complexity index is 665. The first-order valence-corrected chi connectivity index (χ1v) is 12.1. The number of aliphatic hydroxyl groups excluding tert-OH is 1. The summed E-state index contributed by atoms with van der Waals surface area (Å²) in [6, 6.07) is 0.318. The molecule has 6 nitrogen and oxygen atoms in total. The van der Waals surface area contributed by atoms with Crippen LogP contribution in [0.5, 0.6) is 5.19 Å². The lowest BCUT2D eigenvalue weighted by molar-refractivity contribution is -0.0391. The fourth-order valence-electron chi connectivity index (χ4n) is 5.98. The van der Waals surface area contributed by atoms with Gasteiger partial charge in [-0.3, -0.25) is 4.79 Å². The first-order chi connectivity index (χ1) is 14.0. The number of carbonyl (C=O) groups excluding carboxylic acids is 1. The standard InChI is InChI=1S/C22H35N3O3S/c1-13(2)24-10-18(26)12-28-22-25-11-20(29-22)21(27)23-4-3-19-16-6-14-5-15(8-16)9-17(19)7-14/h11,13-19,24,26H,3-10,12H2,1-2H3,(H,23,27). The van der Waals surface area contributed by atoms with Gasteiger partial charge in [0.15, 0.2) is 0 Å². The summed E-state index contributed by atoms with van der Waals surface area (Å²) < 4.78 is 5.53. The van der Waals surface area contributed by atoms with Crippen molar-refractivity contribution in [2.45, 2.75) is 64.5 Å². The van der Waals surface area contributed by atoms with E-state index in [2.05, 4.69) is 15.6 Å². The summed E-state index contributed by atoms with van der Waals surface area (Å²) in [5, 5.41) is 16.6. The third-order valence-electron chi connectivity index (χ3n) is 7.05. The van der Waals surface area contributed by atoms with Crippen LogP contribution >= 0.6 is 11.3 Å². The molecule has 1 unspecified atom stereocenters. The minimum atomic E-state index is -0.598. The molecule has 4 aliphatic rings. The number of aromatic nitrogens is 1. The van der Waals surface area contributed by atoms with E-state index in [0.29, 0.717) is 22.7 Å². The quantitative estimate of drug-likeness (QED) is 0.541. The van der Waals surface area contributed by atoms with E-state index >= 15 is 0 Å². The Morgan fingerprint density at radius 2 is 1.93 bits per heavy atom. The van der Waals surface area contributed by atoms with Gasteiger partial charge in [0, 0.05) is 19.1 Å². The normalized spacial score (nSPS) is 31.2. The number of ether oxygens (including phenoxy) is 1. The van der Waals surface area contributed by atoms with Gasteiger partial charge in [0.1, 0.15) is 17.6 Å². The largest absolute Gasteiger partial charge is 0.467 e. The van der Waals surface area contributed by atoms with Gasteiger partial charge >= 0.3 is 0 Å². The van der Waals surface area contributed by atoms with E-state index in [9.17, 15) is 9.90 Å². The lowest BCUT2D eigenvalue weighted by Gasteiger charge is -2.54. The molecule has 1 amide bonds. The number of thiazole rings is 1. The Morgan fingerprint density at radius 3 is 2.59 bits per heavy atom. The van der Waals surface area contributed by atoms with Crippen LogP contribution in [0.4, 0.5) is 0 Å². The first-order valence-electron chi connectivity index (χ1n) is 11.3. The van der Waals surface area contributed by atoms with Gasteiger partial charge in [0.2, 0.25) is 0 Å². The minimum Gasteiger partial charge on any atom is -0.467 e. The molecule has 7 heteroatoms. The molecular weight excluding hydrogens is 386 g/mol. The van der Waals surface area contributed by atoms with Crippen molar-refractivity contribution in [3.63, 3.8) is 0 Å². The van der Waals surface area contributed by atoms with E-state index in [1.165, 1.54) is 43.4 Å². The average molecular weight is 422 g/mol. The molecule has 1 heterocycles. The molecule has 1 atom stereocenters. The molecule has 1 aromatic rings. The monoisotopic (exact) mass is 421 g/mol. The molecule has 1 aromatic heterocycles. The van der Waals surface area contributed by atoms with Crippen LogP contribution in [0.3, 0.4) is 0 Å². The first kappa shape index (κ1) is 21.1. The topological polar surface area (TPSA) is 83.5 Å². The summed E-state index contributed by atoms with van der Waals surface area (Å²) in [6.07, 6.45) is 9.28. The minimum absolute atomic E-state index is 0.0665. The van der Waals surface area contributed by atoms with Gasteiger partial charge in [0.05, 0.1) is 6.20 Å². The second kappa shape index (κ2) is 9.31. The van der Waals surface area contributed by atoms with Gasteiger partial charge in [-0.05, 0) is 68.1 Å². The molecule has 3 N–H and O–H groups in total. The van der Waals surface area contributed by atoms with Crippen LogP contribution in [0, 0.1) is 29.6 Å². The molecule has 0 aliphatic heterocycles. The van der Waals surface area contributed by atoms with Crippen molar-refractivity contribution in [1.29, 1.82) is 0 Å². The van der Waals surface area contributed by atoms with Crippen LogP contribution in [0.25, 0.3) is 0 Å². The zero-order chi connectivity index (χ0) is 20.4. The predicted octanol–water partition coefficient (Wildman–Crippen LogP) is 3.07. The van der Waals surface area contributed by atoms with E-state index in [0.717, 1.165) is 42.6 Å². The molecule has 5 rings (SSSR count). The van der Waals surface area contributed by atoms with Crippen LogP contribution in [0.2, 0.25) is 0 Å². The lowest BCUT2D eigenvalue weighted by Crippen LogP contribution is -2.46. The molecule has 4 aliphatic carbocycles. The molecular formula is C22H35N3O3S. The van der Waals surface area contributed by atoms with Crippen LogP contribution < -0.4 is 15.4 Å². The number of nitrogens with one attached hydrogen (secondary N) is 2. The van der Waals surface area contributed by atoms with Gasteiger partial charge in [-0.25, -0.2) is 4.98 Å². The second-order valence-corrected chi connectivity index (χ2v) is 10.7. The lowest BCUT2D eigenvalue weighted by atomic mass is 9.51. The molecule has 29 heavy (non-hydrogen) atoms. The Hall–Kier alpha value is -1.18. The van der Waals surface area contributed by atoms with Crippen LogP contribution in [-0.4, -0.2) is 47.8 Å². The van der Waals surface area contributed by atoms with Crippen molar-refractivity contribution >= 4 is 17.2 Å². The molecule has 0 radical (unpaired) electrons. The zero-order valence-electron chi connectivity index (χ0n) is 17.6. The smallest absolute Gasteiger partial charge is 0.273 e. The summed E-state index contributed by atoms with van der Waals surface area (Å²) >= 11 is 1.24. The third kappa shape index (κ3) is 5.30. The van der Waals surface area contributed by atoms with Gasteiger partial charge in [0.25, 0.3) is 11.1 Å². The van der Waals surface area contributed by atoms with Crippen LogP contribution in [0.15, 0.2) is 6.20 Å². The maximum atomic E-state index is 12.5. The highest BCUT2D eigenvalue weighted by Gasteiger charge is 2.47. The fourth-order valence-corrected chi connectivity index (χ4v) is 6.67. The van der Waals surface area contributed by atoms with Crippen molar-refractivity contribution in [1.82, 2.24) is 15.6 Å². The van der Waals surface area contributed by atoms with E-state index in [1.807, 2.05) is 13.8 Å². The summed E-state index contributed by atoms with van der Waals surface area (Å²) in [4.78, 5) is 17.2. The van der Waals surface area contributed by atoms with E-state index in [1.54, 1.807) is 6.20 Å². The van der Waals surface area contributed by atoms with Gasteiger partial charge in [-0.1, -0.05) is 25.2 Å². The Labute approximate surface area is 177 Å². The molecule has 162 valence electrons. The summed E-state index contributed by atoms with van der Waals surface area (Å²) in [5.74, 6) is 4.55. The van der Waals surface area contributed by atoms with E-state index in [4.69, 9.17) is 4.74 Å². The van der Waals surface area contributed by atoms with E-state index in [-0.39, 0.29) is 12.5 Å². The number of hydrogen-bond donors (Lipinski definition) is 3. The SMILES string of the molecule is CC(C)NCC(O)COc1ncc(C(=O)NCCC2C3CC4CC(C3)CC2C4)s1. The van der Waals surface area contributed by atoms with Gasteiger partial charge < -0.3 is 20.5 Å². The van der Waals surface area contributed by atoms with Crippen LogP contribution in [0.1, 0.15) is 62.0 Å². The Morgan fingerprint density at radius 1 is 1.24 bits per heavy atom. The molecule has 4 saturated carbocycles. The fraction of sp³-hybridized carbons (Fsp3) is 0.818. The highest BCUT2D eigenvalue weighted by Crippen LogP contribution is 2.57. The third-order valence-corrected chi connectivity index (χ3v) is 7.96. The molecule has 0 spiro atoms. The molecule has 4 bridgehead atoms. The molecule has 4 fully saturated rings. The average Bonchev–Trinajstić information content (AvgIpc) is 3.15. The van der Waals surface area contributed by atoms with Crippen molar-refractivity contribution in [2.75, 3.05) is 19.7 Å². The summed E-state index contributed by atoms with van der Waals surface area (Å²) in [5.41, 5.74) is 0. The number of nitrogens with zero attached hydrogens (tertiary/aromatic N) is 1. The Balaban J connectivity index is 1.18. The van der Waals surface area contributed by atoms with Crippen LogP contribution in [-0.2, 0) is 0 Å². The van der Waals surface area contributed by atoms with Gasteiger partial charge in [-0.2, -0.15) is 0 Å². The number of carbonyl (C=O) groups is 1. The number of aliphatic hydroxyl groups is 1. The summed E-state index contributed by atoms with van der Waals surface area (Å²) in [6.45, 7) is 5.45. The van der Waals surface area contributed by atoms with E-state index < -0.39 is 6.10 Å².